The van der Waals surface area contributed by atoms with Crippen molar-refractivity contribution in [2.75, 3.05) is 13.7 Å². The fourth-order valence-electron chi connectivity index (χ4n) is 9.35. The SMILES string of the molecule is COc1cccc2c1C(=O)c1c(O)c3c(c(O)c1C2=O)C[C@@](O)(C(=O)CO)C[C@@H]3O[C@H]1CC(NC(=O)O[C@@H]2CCC[C@](C)(C(=O)ON3C(=O)CCC3O)CCC2C)[C@H](O)C(C)O1. The number of amides is 2. The average molecular weight is 869 g/mol. The molecule has 1 saturated carbocycles. The lowest BCUT2D eigenvalue weighted by Gasteiger charge is -2.43. The number of carbonyl (C=O) groups excluding carboxylic acids is 6. The van der Waals surface area contributed by atoms with Gasteiger partial charge in [0.05, 0.1) is 47.5 Å². The van der Waals surface area contributed by atoms with Crippen LogP contribution < -0.4 is 10.1 Å². The van der Waals surface area contributed by atoms with Crippen molar-refractivity contribution in [3.63, 3.8) is 0 Å². The molecule has 336 valence electrons. The molecular weight excluding hydrogens is 816 g/mol. The van der Waals surface area contributed by atoms with E-state index in [2.05, 4.69) is 5.32 Å². The molecule has 10 atom stereocenters. The quantitative estimate of drug-likeness (QED) is 0.152. The van der Waals surface area contributed by atoms with E-state index in [-0.39, 0.29) is 53.2 Å². The van der Waals surface area contributed by atoms with Gasteiger partial charge in [-0.1, -0.05) is 19.1 Å². The number of hydrogen-bond donors (Lipinski definition) is 7. The number of hydrogen-bond acceptors (Lipinski definition) is 17. The number of fused-ring (bicyclic) bond motifs is 3. The number of Topliss-reactive ketones (excluding diaryl/α,β-unsaturated/α-hetero) is 1. The zero-order chi connectivity index (χ0) is 45.0. The van der Waals surface area contributed by atoms with Crippen molar-refractivity contribution in [2.45, 2.75) is 134 Å². The third-order valence-corrected chi connectivity index (χ3v) is 13.1. The first-order valence-electron chi connectivity index (χ1n) is 20.7. The molecule has 0 aromatic heterocycles. The summed E-state index contributed by atoms with van der Waals surface area (Å²) in [5.41, 5.74) is -5.17. The first kappa shape index (κ1) is 44.9. The summed E-state index contributed by atoms with van der Waals surface area (Å²) in [5.74, 6) is -5.52. The van der Waals surface area contributed by atoms with Crippen LogP contribution in [0, 0.1) is 11.3 Å². The molecule has 0 spiro atoms. The molecule has 62 heavy (non-hydrogen) atoms. The van der Waals surface area contributed by atoms with E-state index in [9.17, 15) is 59.4 Å². The number of rotatable bonds is 9. The highest BCUT2D eigenvalue weighted by atomic mass is 16.7. The van der Waals surface area contributed by atoms with Gasteiger partial charge in [0.25, 0.3) is 5.91 Å². The van der Waals surface area contributed by atoms with Gasteiger partial charge in [0.2, 0.25) is 5.78 Å². The Morgan fingerprint density at radius 1 is 0.984 bits per heavy atom. The summed E-state index contributed by atoms with van der Waals surface area (Å²) in [6.45, 7) is 4.01. The van der Waals surface area contributed by atoms with Gasteiger partial charge in [0.1, 0.15) is 41.7 Å². The van der Waals surface area contributed by atoms with E-state index in [4.69, 9.17) is 23.8 Å². The minimum Gasteiger partial charge on any atom is -0.507 e. The number of aliphatic hydroxyl groups excluding tert-OH is 3. The highest BCUT2D eigenvalue weighted by Crippen LogP contribution is 2.52. The number of ketones is 3. The van der Waals surface area contributed by atoms with Gasteiger partial charge in [-0.2, -0.15) is 0 Å². The zero-order valence-electron chi connectivity index (χ0n) is 34.8. The summed E-state index contributed by atoms with van der Waals surface area (Å²) in [6, 6.07) is 3.24. The molecule has 2 saturated heterocycles. The first-order valence-corrected chi connectivity index (χ1v) is 20.7. The number of nitrogens with zero attached hydrogens (tertiary/aromatic N) is 1. The summed E-state index contributed by atoms with van der Waals surface area (Å²) in [5, 5.41) is 69.5. The third-order valence-electron chi connectivity index (χ3n) is 13.1. The van der Waals surface area contributed by atoms with Gasteiger partial charge in [-0.05, 0) is 57.9 Å². The van der Waals surface area contributed by atoms with Crippen LogP contribution in [0.4, 0.5) is 4.79 Å². The highest BCUT2D eigenvalue weighted by Gasteiger charge is 2.51. The van der Waals surface area contributed by atoms with Crippen LogP contribution >= 0.6 is 0 Å². The van der Waals surface area contributed by atoms with Crippen molar-refractivity contribution in [1.29, 1.82) is 0 Å². The van der Waals surface area contributed by atoms with E-state index in [0.29, 0.717) is 32.1 Å². The van der Waals surface area contributed by atoms with E-state index in [1.165, 1.54) is 32.2 Å². The van der Waals surface area contributed by atoms with Crippen LogP contribution in [-0.2, 0) is 39.9 Å². The smallest absolute Gasteiger partial charge is 0.407 e. The number of carbonyl (C=O) groups is 6. The molecule has 7 rings (SSSR count). The van der Waals surface area contributed by atoms with Gasteiger partial charge in [-0.25, -0.2) is 9.59 Å². The van der Waals surface area contributed by atoms with Gasteiger partial charge in [-0.3, -0.25) is 19.2 Å². The molecular formula is C43H52N2O17. The Kier molecular flexibility index (Phi) is 12.4. The number of nitrogens with one attached hydrogen (secondary N) is 1. The number of phenols is 2. The van der Waals surface area contributed by atoms with Gasteiger partial charge < -0.3 is 59.7 Å². The van der Waals surface area contributed by atoms with Crippen molar-refractivity contribution < 1.29 is 83.2 Å². The first-order chi connectivity index (χ1) is 29.3. The van der Waals surface area contributed by atoms with Gasteiger partial charge >= 0.3 is 12.1 Å². The van der Waals surface area contributed by atoms with Crippen molar-refractivity contribution in [1.82, 2.24) is 10.4 Å². The zero-order valence-corrected chi connectivity index (χ0v) is 34.8. The number of hydroxylamine groups is 2. The lowest BCUT2D eigenvalue weighted by atomic mass is 9.72. The van der Waals surface area contributed by atoms with Crippen molar-refractivity contribution in [3.8, 4) is 17.2 Å². The molecule has 2 aromatic carbocycles. The largest absolute Gasteiger partial charge is 0.507 e. The lowest BCUT2D eigenvalue weighted by Crippen LogP contribution is -2.56. The van der Waals surface area contributed by atoms with E-state index in [1.807, 2.05) is 6.92 Å². The molecule has 3 fully saturated rings. The average Bonchev–Trinajstić information content (AvgIpc) is 3.55. The van der Waals surface area contributed by atoms with Crippen LogP contribution in [0.1, 0.15) is 128 Å². The summed E-state index contributed by atoms with van der Waals surface area (Å²) in [7, 11) is 1.30. The fraction of sp³-hybridized carbons (Fsp3) is 0.581. The molecule has 3 aliphatic carbocycles. The molecule has 4 unspecified atom stereocenters. The third kappa shape index (κ3) is 8.01. The minimum absolute atomic E-state index is 0.0442. The molecule has 19 nitrogen and oxygen atoms in total. The maximum Gasteiger partial charge on any atom is 0.407 e. The van der Waals surface area contributed by atoms with Gasteiger partial charge in [-0.15, -0.1) is 5.06 Å². The van der Waals surface area contributed by atoms with Gasteiger partial charge in [0.15, 0.2) is 24.1 Å². The lowest BCUT2D eigenvalue weighted by molar-refractivity contribution is -0.249. The Labute approximate surface area is 355 Å². The minimum atomic E-state index is -2.38. The van der Waals surface area contributed by atoms with Crippen molar-refractivity contribution >= 4 is 35.3 Å². The second kappa shape index (κ2) is 17.2. The predicted molar refractivity (Wildman–Crippen MR) is 210 cm³/mol. The molecule has 2 aliphatic heterocycles. The Morgan fingerprint density at radius 3 is 2.39 bits per heavy atom. The van der Waals surface area contributed by atoms with E-state index >= 15 is 0 Å². The Hall–Kier alpha value is -5.18. The number of ether oxygens (including phenoxy) is 4. The maximum absolute atomic E-state index is 14.0. The molecule has 7 N–H and O–H groups in total. The van der Waals surface area contributed by atoms with Crippen LogP contribution in [0.25, 0.3) is 0 Å². The predicted octanol–water partition coefficient (Wildman–Crippen LogP) is 2.14. The Morgan fingerprint density at radius 2 is 1.71 bits per heavy atom. The number of aromatic hydroxyl groups is 2. The molecule has 19 heteroatoms. The van der Waals surface area contributed by atoms with Crippen LogP contribution in [0.15, 0.2) is 18.2 Å². The molecule has 0 bridgehead atoms. The standard InChI is InChI=1S/C43H52N2O17/c1-19-12-14-42(3,40(55)62-45-28(48)10-11-29(45)49)13-6-9-24(19)61-41(56)44-23-15-30(59-20(2)35(23)50)60-26-17-43(57,27(47)18-46)16-22-32(26)39(54)34-33(37(22)52)36(51)21-7-5-8-25(58-4)31(21)38(34)53/h5,7-8,19-20,23-24,26,28,30,35,46,48,50,52,54,57H,6,9-18H2,1-4H3,(H,44,56)/t19?,20?,23?,24-,26+,28?,30+,35-,42+,43+/m1/s1. The number of phenolic OH excluding ortho intramolecular Hbond substituents is 2. The fourth-order valence-corrected chi connectivity index (χ4v) is 9.35. The number of alkyl carbamates (subject to hydrolysis) is 1. The summed E-state index contributed by atoms with van der Waals surface area (Å²) in [6.07, 6.45) is -6.97. The van der Waals surface area contributed by atoms with Crippen LogP contribution in [0.3, 0.4) is 0 Å². The Balaban J connectivity index is 1.07. The summed E-state index contributed by atoms with van der Waals surface area (Å²) >= 11 is 0. The summed E-state index contributed by atoms with van der Waals surface area (Å²) in [4.78, 5) is 84.9. The maximum atomic E-state index is 14.0. The van der Waals surface area contributed by atoms with Crippen molar-refractivity contribution in [2.24, 2.45) is 11.3 Å². The van der Waals surface area contributed by atoms with Crippen LogP contribution in [0.2, 0.25) is 0 Å². The monoisotopic (exact) mass is 868 g/mol. The molecule has 0 radical (unpaired) electrons. The summed E-state index contributed by atoms with van der Waals surface area (Å²) < 4.78 is 23.4. The highest BCUT2D eigenvalue weighted by molar-refractivity contribution is 6.31. The van der Waals surface area contributed by atoms with Crippen LogP contribution in [0.5, 0.6) is 17.2 Å². The molecule has 2 aromatic rings. The van der Waals surface area contributed by atoms with E-state index in [1.54, 1.807) is 6.92 Å². The molecule has 2 heterocycles. The second-order valence-corrected chi connectivity index (χ2v) is 17.3. The number of aliphatic hydroxyl groups is 4. The van der Waals surface area contributed by atoms with Gasteiger partial charge in [0, 0.05) is 48.8 Å². The van der Waals surface area contributed by atoms with Crippen molar-refractivity contribution in [3.05, 3.63) is 51.6 Å². The molecule has 2 amide bonds. The normalized spacial score (nSPS) is 32.1. The second-order valence-electron chi connectivity index (χ2n) is 17.3. The van der Waals surface area contributed by atoms with E-state index < -0.39 is 131 Å². The van der Waals surface area contributed by atoms with E-state index in [0.717, 1.165) is 5.06 Å². The molecule has 5 aliphatic rings. The Bertz CT molecular complexity index is 2180. The van der Waals surface area contributed by atoms with Crippen LogP contribution in [-0.4, -0.2) is 127 Å². The number of benzene rings is 2. The topological polar surface area (TPSA) is 285 Å². The number of methoxy groups -OCH3 is 1.